The van der Waals surface area contributed by atoms with Crippen molar-refractivity contribution in [2.24, 2.45) is 4.99 Å². The topological polar surface area (TPSA) is 70.6 Å². The highest BCUT2D eigenvalue weighted by Gasteiger charge is 2.27. The summed E-state index contributed by atoms with van der Waals surface area (Å²) in [5, 5.41) is 7.01. The van der Waals surface area contributed by atoms with E-state index in [0.717, 1.165) is 76.0 Å². The minimum atomic E-state index is 0.181. The van der Waals surface area contributed by atoms with Gasteiger partial charge >= 0.3 is 0 Å². The smallest absolute Gasteiger partial charge is 0.191 e. The molecule has 0 amide bonds. The van der Waals surface area contributed by atoms with Gasteiger partial charge in [0.15, 0.2) is 17.5 Å². The first-order valence-corrected chi connectivity index (χ1v) is 11.4. The summed E-state index contributed by atoms with van der Waals surface area (Å²) < 4.78 is 16.5. The van der Waals surface area contributed by atoms with E-state index >= 15 is 0 Å². The van der Waals surface area contributed by atoms with Crippen molar-refractivity contribution in [2.45, 2.75) is 31.8 Å². The Bertz CT molecular complexity index is 704. The predicted octanol–water partition coefficient (Wildman–Crippen LogP) is 1.73. The molecule has 1 aromatic carbocycles. The zero-order valence-corrected chi connectivity index (χ0v) is 19.5. The van der Waals surface area contributed by atoms with Crippen molar-refractivity contribution in [3.8, 4) is 11.5 Å². The highest BCUT2D eigenvalue weighted by atomic mass is 16.5. The monoisotopic (exact) mass is 433 g/mol. The van der Waals surface area contributed by atoms with E-state index in [9.17, 15) is 0 Å². The van der Waals surface area contributed by atoms with Crippen LogP contribution < -0.4 is 20.1 Å². The van der Waals surface area contributed by atoms with Crippen LogP contribution >= 0.6 is 0 Å². The molecule has 2 aliphatic rings. The maximum absolute atomic E-state index is 5.58. The standard InChI is InChI=1S/C23H39N5O3/c1-5-27(19-7-8-19)11-10-25-23(24-2)26-17-20(28-12-14-31-15-13-28)18-6-9-21(29-3)22(16-18)30-4/h6,9,16,19-20H,5,7-8,10-15,17H2,1-4H3,(H2,24,25,26). The fourth-order valence-electron chi connectivity index (χ4n) is 4.18. The second-order valence-electron chi connectivity index (χ2n) is 8.02. The van der Waals surface area contributed by atoms with Crippen molar-refractivity contribution in [3.05, 3.63) is 23.8 Å². The van der Waals surface area contributed by atoms with Crippen molar-refractivity contribution >= 4 is 5.96 Å². The summed E-state index contributed by atoms with van der Waals surface area (Å²) in [7, 11) is 5.17. The van der Waals surface area contributed by atoms with E-state index in [0.29, 0.717) is 0 Å². The van der Waals surface area contributed by atoms with Crippen LogP contribution in [0.3, 0.4) is 0 Å². The number of hydrogen-bond acceptors (Lipinski definition) is 6. The number of benzene rings is 1. The SMILES string of the molecule is CCN(CCNC(=NC)NCC(c1ccc(OC)c(OC)c1)N1CCOCC1)C1CC1. The molecule has 1 atom stereocenters. The largest absolute Gasteiger partial charge is 0.493 e. The predicted molar refractivity (Wildman–Crippen MR) is 124 cm³/mol. The van der Waals surface area contributed by atoms with Gasteiger partial charge in [0, 0.05) is 45.8 Å². The Morgan fingerprint density at radius 1 is 1.19 bits per heavy atom. The highest BCUT2D eigenvalue weighted by molar-refractivity contribution is 5.79. The molecule has 1 heterocycles. The van der Waals surface area contributed by atoms with Crippen LogP contribution in [-0.2, 0) is 4.74 Å². The summed E-state index contributed by atoms with van der Waals surface area (Å²) in [4.78, 5) is 9.43. The number of morpholine rings is 1. The fourth-order valence-corrected chi connectivity index (χ4v) is 4.18. The maximum Gasteiger partial charge on any atom is 0.191 e. The van der Waals surface area contributed by atoms with Crippen molar-refractivity contribution in [3.63, 3.8) is 0 Å². The number of hydrogen-bond donors (Lipinski definition) is 2. The second-order valence-corrected chi connectivity index (χ2v) is 8.02. The number of ether oxygens (including phenoxy) is 3. The Kier molecular flexibility index (Phi) is 9.24. The number of nitrogens with zero attached hydrogens (tertiary/aromatic N) is 3. The molecule has 2 fully saturated rings. The van der Waals surface area contributed by atoms with E-state index in [2.05, 4.69) is 44.5 Å². The van der Waals surface area contributed by atoms with Gasteiger partial charge in [-0.3, -0.25) is 14.8 Å². The second kappa shape index (κ2) is 12.1. The van der Waals surface area contributed by atoms with E-state index in [-0.39, 0.29) is 6.04 Å². The minimum Gasteiger partial charge on any atom is -0.493 e. The number of rotatable bonds is 11. The molecule has 0 radical (unpaired) electrons. The molecule has 31 heavy (non-hydrogen) atoms. The number of methoxy groups -OCH3 is 2. The van der Waals surface area contributed by atoms with Gasteiger partial charge in [-0.25, -0.2) is 0 Å². The van der Waals surface area contributed by atoms with Crippen LogP contribution in [0.1, 0.15) is 31.4 Å². The Hall–Kier alpha value is -2.03. The van der Waals surface area contributed by atoms with Gasteiger partial charge in [0.05, 0.1) is 33.5 Å². The third-order valence-corrected chi connectivity index (χ3v) is 6.13. The van der Waals surface area contributed by atoms with Crippen LogP contribution in [0.5, 0.6) is 11.5 Å². The van der Waals surface area contributed by atoms with Crippen molar-refractivity contribution in [2.75, 3.05) is 73.7 Å². The third-order valence-electron chi connectivity index (χ3n) is 6.13. The molecule has 0 spiro atoms. The average molecular weight is 434 g/mol. The molecule has 1 saturated heterocycles. The van der Waals surface area contributed by atoms with Gasteiger partial charge in [0.1, 0.15) is 0 Å². The molecule has 8 heteroatoms. The Labute approximate surface area is 186 Å². The molecule has 174 valence electrons. The van der Waals surface area contributed by atoms with E-state index in [1.807, 2.05) is 13.1 Å². The molecule has 1 unspecified atom stereocenters. The molecule has 0 bridgehead atoms. The molecule has 8 nitrogen and oxygen atoms in total. The lowest BCUT2D eigenvalue weighted by molar-refractivity contribution is 0.0169. The molecule has 2 N–H and O–H groups in total. The molecule has 1 aliphatic carbocycles. The zero-order valence-electron chi connectivity index (χ0n) is 19.5. The van der Waals surface area contributed by atoms with Gasteiger partial charge in [-0.15, -0.1) is 0 Å². The maximum atomic E-state index is 5.58. The summed E-state index contributed by atoms with van der Waals surface area (Å²) >= 11 is 0. The fraction of sp³-hybridized carbons (Fsp3) is 0.696. The molecule has 1 saturated carbocycles. The summed E-state index contributed by atoms with van der Waals surface area (Å²) in [6.45, 7) is 9.34. The van der Waals surface area contributed by atoms with Crippen LogP contribution in [0, 0.1) is 0 Å². The first-order valence-electron chi connectivity index (χ1n) is 11.4. The van der Waals surface area contributed by atoms with Crippen molar-refractivity contribution in [1.82, 2.24) is 20.4 Å². The highest BCUT2D eigenvalue weighted by Crippen LogP contribution is 2.32. The van der Waals surface area contributed by atoms with E-state index in [1.54, 1.807) is 14.2 Å². The lowest BCUT2D eigenvalue weighted by Gasteiger charge is -2.35. The molecule has 1 aliphatic heterocycles. The Morgan fingerprint density at radius 2 is 1.94 bits per heavy atom. The molecular formula is C23H39N5O3. The lowest BCUT2D eigenvalue weighted by Crippen LogP contribution is -2.47. The van der Waals surface area contributed by atoms with Crippen LogP contribution in [0.4, 0.5) is 0 Å². The average Bonchev–Trinajstić information content (AvgIpc) is 3.66. The molecule has 3 rings (SSSR count). The van der Waals surface area contributed by atoms with E-state index in [1.165, 1.54) is 18.4 Å². The van der Waals surface area contributed by atoms with Crippen molar-refractivity contribution < 1.29 is 14.2 Å². The summed E-state index contributed by atoms with van der Waals surface area (Å²) in [5.41, 5.74) is 1.19. The number of nitrogens with one attached hydrogen (secondary N) is 2. The van der Waals surface area contributed by atoms with Crippen LogP contribution in [0.2, 0.25) is 0 Å². The van der Waals surface area contributed by atoms with Gasteiger partial charge in [-0.1, -0.05) is 13.0 Å². The molecule has 1 aromatic rings. The summed E-state index contributed by atoms with van der Waals surface area (Å²) in [5.74, 6) is 2.33. The molecular weight excluding hydrogens is 394 g/mol. The number of guanidine groups is 1. The summed E-state index contributed by atoms with van der Waals surface area (Å²) in [6.07, 6.45) is 2.68. The van der Waals surface area contributed by atoms with Crippen LogP contribution in [-0.4, -0.2) is 95.6 Å². The summed E-state index contributed by atoms with van der Waals surface area (Å²) in [6, 6.07) is 7.14. The Balaban J connectivity index is 1.62. The van der Waals surface area contributed by atoms with Gasteiger partial charge in [-0.2, -0.15) is 0 Å². The van der Waals surface area contributed by atoms with E-state index in [4.69, 9.17) is 14.2 Å². The quantitative estimate of drug-likeness (QED) is 0.407. The zero-order chi connectivity index (χ0) is 22.1. The number of likely N-dealkylation sites (N-methyl/N-ethyl adjacent to an activating group) is 1. The minimum absolute atomic E-state index is 0.181. The molecule has 0 aromatic heterocycles. The van der Waals surface area contributed by atoms with Gasteiger partial charge in [0.2, 0.25) is 0 Å². The lowest BCUT2D eigenvalue weighted by atomic mass is 10.0. The van der Waals surface area contributed by atoms with Crippen LogP contribution in [0.15, 0.2) is 23.2 Å². The first kappa shape index (κ1) is 23.6. The first-order chi connectivity index (χ1) is 15.2. The third kappa shape index (κ3) is 6.72. The van der Waals surface area contributed by atoms with Crippen LogP contribution in [0.25, 0.3) is 0 Å². The normalized spacial score (nSPS) is 18.7. The Morgan fingerprint density at radius 3 is 2.55 bits per heavy atom. The van der Waals surface area contributed by atoms with Gasteiger partial charge in [0.25, 0.3) is 0 Å². The number of aliphatic imine (C=N–C) groups is 1. The van der Waals surface area contributed by atoms with E-state index < -0.39 is 0 Å². The van der Waals surface area contributed by atoms with Gasteiger partial charge < -0.3 is 24.8 Å². The van der Waals surface area contributed by atoms with Crippen molar-refractivity contribution in [1.29, 1.82) is 0 Å². The van der Waals surface area contributed by atoms with Gasteiger partial charge in [-0.05, 0) is 37.1 Å².